The van der Waals surface area contributed by atoms with Gasteiger partial charge in [-0.3, -0.25) is 0 Å². The number of benzene rings is 3. The maximum atomic E-state index is 14.8. The van der Waals surface area contributed by atoms with E-state index in [9.17, 15) is 4.39 Å². The highest BCUT2D eigenvalue weighted by atomic mass is 35.5. The lowest BCUT2D eigenvalue weighted by Crippen LogP contribution is -1.91. The van der Waals surface area contributed by atoms with E-state index in [0.29, 0.717) is 5.39 Å². The predicted octanol–water partition coefficient (Wildman–Crippen LogP) is 7.91. The molecular formula is C16H6Cl5F. The minimum atomic E-state index is -0.448. The molecule has 3 rings (SSSR count). The molecule has 0 aliphatic rings. The van der Waals surface area contributed by atoms with Gasteiger partial charge in [0.15, 0.2) is 0 Å². The molecule has 22 heavy (non-hydrogen) atoms. The maximum absolute atomic E-state index is 14.8. The van der Waals surface area contributed by atoms with Gasteiger partial charge in [0.25, 0.3) is 0 Å². The molecule has 0 radical (unpaired) electrons. The molecule has 0 heterocycles. The Kier molecular flexibility index (Phi) is 4.46. The summed E-state index contributed by atoms with van der Waals surface area (Å²) in [6, 6.07) is 10.4. The van der Waals surface area contributed by atoms with E-state index in [-0.39, 0.29) is 36.2 Å². The van der Waals surface area contributed by atoms with Crippen molar-refractivity contribution in [2.75, 3.05) is 0 Å². The summed E-state index contributed by atoms with van der Waals surface area (Å²) < 4.78 is 14.8. The van der Waals surface area contributed by atoms with E-state index in [4.69, 9.17) is 58.0 Å². The summed E-state index contributed by atoms with van der Waals surface area (Å²) in [7, 11) is 0. The van der Waals surface area contributed by atoms with Crippen LogP contribution in [0.15, 0.2) is 36.4 Å². The summed E-state index contributed by atoms with van der Waals surface area (Å²) in [5.41, 5.74) is 0.445. The van der Waals surface area contributed by atoms with Crippen molar-refractivity contribution in [2.45, 2.75) is 0 Å². The molecule has 0 N–H and O–H groups in total. The van der Waals surface area contributed by atoms with Gasteiger partial charge in [-0.25, -0.2) is 4.39 Å². The highest BCUT2D eigenvalue weighted by molar-refractivity contribution is 6.56. The molecule has 0 aliphatic carbocycles. The van der Waals surface area contributed by atoms with Crippen molar-refractivity contribution in [1.82, 2.24) is 0 Å². The number of halogens is 6. The third-order valence-corrected chi connectivity index (χ3v) is 5.62. The highest BCUT2D eigenvalue weighted by Crippen LogP contribution is 2.49. The molecule has 0 fully saturated rings. The average molecular weight is 394 g/mol. The molecular weight excluding hydrogens is 388 g/mol. The predicted molar refractivity (Wildman–Crippen MR) is 94.4 cm³/mol. The maximum Gasteiger partial charge on any atom is 0.138 e. The normalized spacial score (nSPS) is 11.2. The molecule has 0 saturated heterocycles. The van der Waals surface area contributed by atoms with E-state index in [1.165, 1.54) is 0 Å². The van der Waals surface area contributed by atoms with Gasteiger partial charge in [-0.1, -0.05) is 94.4 Å². The Morgan fingerprint density at radius 1 is 0.636 bits per heavy atom. The van der Waals surface area contributed by atoms with Crippen molar-refractivity contribution in [3.8, 4) is 11.1 Å². The first-order chi connectivity index (χ1) is 10.4. The topological polar surface area (TPSA) is 0 Å². The lowest BCUT2D eigenvalue weighted by Gasteiger charge is -2.14. The van der Waals surface area contributed by atoms with Crippen LogP contribution in [0.1, 0.15) is 0 Å². The van der Waals surface area contributed by atoms with E-state index >= 15 is 0 Å². The molecule has 0 aromatic heterocycles. The first-order valence-electron chi connectivity index (χ1n) is 6.12. The first-order valence-corrected chi connectivity index (χ1v) is 8.01. The largest absolute Gasteiger partial charge is 0.206 e. The van der Waals surface area contributed by atoms with Gasteiger partial charge in [-0.05, 0) is 5.39 Å². The molecule has 0 bridgehead atoms. The van der Waals surface area contributed by atoms with Gasteiger partial charge in [0.1, 0.15) is 5.82 Å². The summed E-state index contributed by atoms with van der Waals surface area (Å²) in [5.74, 6) is -0.448. The zero-order valence-electron chi connectivity index (χ0n) is 10.7. The summed E-state index contributed by atoms with van der Waals surface area (Å²) in [5, 5.41) is 1.48. The van der Waals surface area contributed by atoms with E-state index in [1.807, 2.05) is 12.1 Å². The van der Waals surface area contributed by atoms with Crippen molar-refractivity contribution in [1.29, 1.82) is 0 Å². The lowest BCUT2D eigenvalue weighted by atomic mass is 10.00. The Morgan fingerprint density at radius 3 is 1.82 bits per heavy atom. The smallest absolute Gasteiger partial charge is 0.138 e. The standard InChI is InChI=1S/C16H6Cl5F/c17-11-10(12(18)14(20)15(21)13(11)19)9-6-5-7-3-1-2-4-8(7)16(9)22/h1-6H. The third kappa shape index (κ3) is 2.46. The summed E-state index contributed by atoms with van der Waals surface area (Å²) in [6.07, 6.45) is 0. The van der Waals surface area contributed by atoms with Gasteiger partial charge in [-0.15, -0.1) is 0 Å². The monoisotopic (exact) mass is 392 g/mol. The van der Waals surface area contributed by atoms with Gasteiger partial charge in [0.05, 0.1) is 25.1 Å². The zero-order valence-corrected chi connectivity index (χ0v) is 14.5. The Morgan fingerprint density at radius 2 is 1.18 bits per heavy atom. The van der Waals surface area contributed by atoms with Crippen LogP contribution in [0, 0.1) is 5.82 Å². The average Bonchev–Trinajstić information content (AvgIpc) is 2.53. The van der Waals surface area contributed by atoms with Crippen LogP contribution in [0.2, 0.25) is 25.1 Å². The molecule has 0 nitrogen and oxygen atoms in total. The van der Waals surface area contributed by atoms with Crippen LogP contribution in [0.3, 0.4) is 0 Å². The molecule has 6 heteroatoms. The Labute approximate surface area is 151 Å². The second kappa shape index (κ2) is 6.07. The lowest BCUT2D eigenvalue weighted by molar-refractivity contribution is 0.643. The van der Waals surface area contributed by atoms with E-state index < -0.39 is 5.82 Å². The SMILES string of the molecule is Fc1c(-c2c(Cl)c(Cl)c(Cl)c(Cl)c2Cl)ccc2ccccc12. The number of fused-ring (bicyclic) bond motifs is 1. The molecule has 3 aromatic rings. The molecule has 0 unspecified atom stereocenters. The van der Waals surface area contributed by atoms with Crippen molar-refractivity contribution in [2.24, 2.45) is 0 Å². The van der Waals surface area contributed by atoms with Gasteiger partial charge >= 0.3 is 0 Å². The summed E-state index contributed by atoms with van der Waals surface area (Å²) in [6.45, 7) is 0. The minimum Gasteiger partial charge on any atom is -0.206 e. The molecule has 0 aliphatic heterocycles. The van der Waals surface area contributed by atoms with Crippen molar-refractivity contribution in [3.63, 3.8) is 0 Å². The van der Waals surface area contributed by atoms with Gasteiger partial charge in [0.2, 0.25) is 0 Å². The van der Waals surface area contributed by atoms with Gasteiger partial charge < -0.3 is 0 Å². The van der Waals surface area contributed by atoms with Crippen LogP contribution in [-0.2, 0) is 0 Å². The number of rotatable bonds is 1. The van der Waals surface area contributed by atoms with Crippen LogP contribution in [0.25, 0.3) is 21.9 Å². The quantitative estimate of drug-likeness (QED) is 0.290. The number of hydrogen-bond acceptors (Lipinski definition) is 0. The Hall–Kier alpha value is -0.700. The molecule has 0 spiro atoms. The van der Waals surface area contributed by atoms with Crippen molar-refractivity contribution >= 4 is 68.8 Å². The fourth-order valence-corrected chi connectivity index (χ4v) is 3.61. The summed E-state index contributed by atoms with van der Waals surface area (Å²) >= 11 is 30.5. The molecule has 3 aromatic carbocycles. The fourth-order valence-electron chi connectivity index (χ4n) is 2.27. The first kappa shape index (κ1) is 16.2. The zero-order chi connectivity index (χ0) is 16.0. The van der Waals surface area contributed by atoms with Crippen molar-refractivity contribution in [3.05, 3.63) is 67.3 Å². The van der Waals surface area contributed by atoms with Crippen LogP contribution in [-0.4, -0.2) is 0 Å². The second-order valence-electron chi connectivity index (χ2n) is 4.59. The van der Waals surface area contributed by atoms with E-state index in [1.54, 1.807) is 24.3 Å². The molecule has 0 atom stereocenters. The van der Waals surface area contributed by atoms with Crippen LogP contribution in [0.5, 0.6) is 0 Å². The van der Waals surface area contributed by atoms with Gasteiger partial charge in [-0.2, -0.15) is 0 Å². The minimum absolute atomic E-state index is 0.0419. The van der Waals surface area contributed by atoms with Gasteiger partial charge in [0, 0.05) is 16.5 Å². The van der Waals surface area contributed by atoms with Crippen LogP contribution in [0.4, 0.5) is 4.39 Å². The Balaban J connectivity index is 2.40. The van der Waals surface area contributed by atoms with Crippen LogP contribution >= 0.6 is 58.0 Å². The molecule has 112 valence electrons. The van der Waals surface area contributed by atoms with Crippen LogP contribution < -0.4 is 0 Å². The second-order valence-corrected chi connectivity index (χ2v) is 6.48. The highest BCUT2D eigenvalue weighted by Gasteiger charge is 2.23. The number of hydrogen-bond donors (Lipinski definition) is 0. The van der Waals surface area contributed by atoms with E-state index in [0.717, 1.165) is 5.39 Å². The van der Waals surface area contributed by atoms with Crippen molar-refractivity contribution < 1.29 is 4.39 Å². The Bertz CT molecular complexity index is 876. The fraction of sp³-hybridized carbons (Fsp3) is 0. The third-order valence-electron chi connectivity index (χ3n) is 3.34. The molecule has 0 amide bonds. The molecule has 0 saturated carbocycles. The van der Waals surface area contributed by atoms with E-state index in [2.05, 4.69) is 0 Å². The summed E-state index contributed by atoms with van der Waals surface area (Å²) in [4.78, 5) is 0.